The van der Waals surface area contributed by atoms with Crippen molar-refractivity contribution in [3.8, 4) is 0 Å². The topological polar surface area (TPSA) is 3.01 Å². The van der Waals surface area contributed by atoms with E-state index in [1.165, 1.54) is 45.2 Å². The van der Waals surface area contributed by atoms with Crippen molar-refractivity contribution in [2.24, 2.45) is 17.8 Å². The Morgan fingerprint density at radius 2 is 2.18 bits per heavy atom. The van der Waals surface area contributed by atoms with Crippen LogP contribution in [-0.4, -0.2) is 23.5 Å². The van der Waals surface area contributed by atoms with E-state index in [2.05, 4.69) is 38.3 Å². The van der Waals surface area contributed by atoms with E-state index < -0.39 is 0 Å². The molecule has 0 aliphatic carbocycles. The summed E-state index contributed by atoms with van der Waals surface area (Å²) >= 11 is 0. The van der Waals surface area contributed by atoms with E-state index in [1.54, 1.807) is 0 Å². The fraction of sp³-hybridized carbons (Fsp3) is 0.875. The van der Waals surface area contributed by atoms with Crippen LogP contribution >= 0.6 is 0 Å². The number of fused-ring (bicyclic) bond motifs is 1. The van der Waals surface area contributed by atoms with Crippen LogP contribution in [0.3, 0.4) is 0 Å². The second kappa shape index (κ2) is 5.14. The van der Waals surface area contributed by atoms with Crippen LogP contribution in [0, 0.1) is 17.8 Å². The van der Waals surface area contributed by atoms with Gasteiger partial charge in [0.2, 0.25) is 0 Å². The zero-order valence-electron chi connectivity index (χ0n) is 11.9. The van der Waals surface area contributed by atoms with Gasteiger partial charge in [0.25, 0.3) is 0 Å². The van der Waals surface area contributed by atoms with Gasteiger partial charge in [0, 0.05) is 18.6 Å². The fourth-order valence-electron chi connectivity index (χ4n) is 3.74. The second-order valence-electron chi connectivity index (χ2n) is 6.54. The van der Waals surface area contributed by atoms with E-state index in [9.17, 15) is 0 Å². The first-order valence-electron chi connectivity index (χ1n) is 7.49. The van der Waals surface area contributed by atoms with Gasteiger partial charge in [0.1, 0.15) is 0 Å². The van der Waals surface area contributed by atoms with Crippen molar-refractivity contribution in [2.45, 2.75) is 58.4 Å². The molecule has 0 radical (unpaired) electrons. The van der Waals surface area contributed by atoms with Gasteiger partial charge in [-0.05, 0) is 37.5 Å². The minimum atomic E-state index is 0.626. The summed E-state index contributed by atoms with van der Waals surface area (Å²) in [7, 11) is 0. The van der Waals surface area contributed by atoms with Crippen molar-refractivity contribution in [3.05, 3.63) is 12.7 Å². The van der Waals surface area contributed by atoms with Gasteiger partial charge in [-0.2, -0.15) is 0 Å². The van der Waals surface area contributed by atoms with E-state index in [0.717, 1.165) is 17.8 Å². The maximum atomic E-state index is 3.96. The van der Waals surface area contributed by atoms with Crippen molar-refractivity contribution < 1.29 is 0 Å². The molecule has 2 saturated heterocycles. The van der Waals surface area contributed by atoms with Gasteiger partial charge in [0.05, 0.1) is 0 Å². The standard InChI is InChI=1S/C16H29N/c1-5-8-14(6-2)10-7-9-13(3)15-11-17-12-16(15,17)4/h6,13-15H,2,5,7-12H2,1,3-4H3/t13?,14?,15?,16-,17?/m1/s1. The molecule has 0 spiro atoms. The summed E-state index contributed by atoms with van der Waals surface area (Å²) in [4.78, 5) is 2.61. The first-order valence-corrected chi connectivity index (χ1v) is 7.49. The molecule has 0 saturated carbocycles. The summed E-state index contributed by atoms with van der Waals surface area (Å²) in [6.07, 6.45) is 8.96. The summed E-state index contributed by atoms with van der Waals surface area (Å²) in [5.41, 5.74) is 0.626. The lowest BCUT2D eigenvalue weighted by molar-refractivity contribution is 0.107. The van der Waals surface area contributed by atoms with Crippen LogP contribution in [0.2, 0.25) is 0 Å². The molecule has 98 valence electrons. The molecule has 1 nitrogen and oxygen atoms in total. The van der Waals surface area contributed by atoms with Crippen molar-refractivity contribution in [3.63, 3.8) is 0 Å². The quantitative estimate of drug-likeness (QED) is 0.452. The SMILES string of the molecule is C=CC(CCC)CCCC(C)C1CN2C[C@]12C. The van der Waals surface area contributed by atoms with Gasteiger partial charge in [-0.1, -0.05) is 39.2 Å². The molecule has 0 amide bonds. The molecule has 0 aromatic carbocycles. The summed E-state index contributed by atoms with van der Waals surface area (Å²) in [5.74, 6) is 2.67. The Kier molecular flexibility index (Phi) is 3.97. The molecule has 0 aromatic rings. The van der Waals surface area contributed by atoms with Gasteiger partial charge < -0.3 is 0 Å². The van der Waals surface area contributed by atoms with Crippen LogP contribution in [-0.2, 0) is 0 Å². The number of rotatable bonds is 8. The molecule has 4 unspecified atom stereocenters. The first-order chi connectivity index (χ1) is 8.11. The van der Waals surface area contributed by atoms with E-state index in [4.69, 9.17) is 0 Å². The molecule has 2 aliphatic heterocycles. The first kappa shape index (κ1) is 13.1. The van der Waals surface area contributed by atoms with Crippen molar-refractivity contribution in [1.82, 2.24) is 4.90 Å². The molecular formula is C16H29N. The predicted molar refractivity (Wildman–Crippen MR) is 75.1 cm³/mol. The molecule has 17 heavy (non-hydrogen) atoms. The maximum absolute atomic E-state index is 3.96. The van der Waals surface area contributed by atoms with E-state index in [0.29, 0.717) is 5.54 Å². The Bertz CT molecular complexity index is 273. The molecule has 0 aromatic heterocycles. The number of hydrogen-bond acceptors (Lipinski definition) is 1. The lowest BCUT2D eigenvalue weighted by atomic mass is 9.76. The lowest BCUT2D eigenvalue weighted by Gasteiger charge is -2.39. The number of hydrogen-bond donors (Lipinski definition) is 0. The highest BCUT2D eigenvalue weighted by atomic mass is 15.4. The Labute approximate surface area is 107 Å². The van der Waals surface area contributed by atoms with Gasteiger partial charge in [0.15, 0.2) is 0 Å². The smallest absolute Gasteiger partial charge is 0.0352 e. The van der Waals surface area contributed by atoms with Crippen molar-refractivity contribution >= 4 is 0 Å². The highest BCUT2D eigenvalue weighted by Crippen LogP contribution is 2.53. The summed E-state index contributed by atoms with van der Waals surface area (Å²) in [5, 5.41) is 0. The molecule has 2 heterocycles. The fourth-order valence-corrected chi connectivity index (χ4v) is 3.74. The molecule has 5 atom stereocenters. The Hall–Kier alpha value is -0.300. The molecule has 0 N–H and O–H groups in total. The average molecular weight is 235 g/mol. The van der Waals surface area contributed by atoms with Crippen molar-refractivity contribution in [2.75, 3.05) is 13.1 Å². The minimum absolute atomic E-state index is 0.626. The van der Waals surface area contributed by atoms with Gasteiger partial charge in [-0.3, -0.25) is 4.90 Å². The number of nitrogens with zero attached hydrogens (tertiary/aromatic N) is 1. The largest absolute Gasteiger partial charge is 0.294 e. The van der Waals surface area contributed by atoms with Crippen LogP contribution < -0.4 is 0 Å². The normalized spacial score (nSPS) is 37.8. The predicted octanol–water partition coefficient (Wildman–Crippen LogP) is 4.10. The summed E-state index contributed by atoms with van der Waals surface area (Å²) in [6, 6.07) is 0. The Balaban J connectivity index is 1.63. The highest BCUT2D eigenvalue weighted by molar-refractivity contribution is 5.18. The lowest BCUT2D eigenvalue weighted by Crippen LogP contribution is -2.45. The van der Waals surface area contributed by atoms with Gasteiger partial charge in [-0.15, -0.1) is 6.58 Å². The second-order valence-corrected chi connectivity index (χ2v) is 6.54. The Morgan fingerprint density at radius 3 is 2.65 bits per heavy atom. The van der Waals surface area contributed by atoms with Crippen LogP contribution in [0.15, 0.2) is 12.7 Å². The van der Waals surface area contributed by atoms with Crippen LogP contribution in [0.4, 0.5) is 0 Å². The average Bonchev–Trinajstić information content (AvgIpc) is 2.82. The monoisotopic (exact) mass is 235 g/mol. The molecular weight excluding hydrogens is 206 g/mol. The van der Waals surface area contributed by atoms with Crippen molar-refractivity contribution in [1.29, 1.82) is 0 Å². The van der Waals surface area contributed by atoms with E-state index in [-0.39, 0.29) is 0 Å². The maximum Gasteiger partial charge on any atom is 0.0352 e. The van der Waals surface area contributed by atoms with Crippen LogP contribution in [0.1, 0.15) is 52.9 Å². The number of allylic oxidation sites excluding steroid dienone is 1. The third-order valence-corrected chi connectivity index (χ3v) is 5.26. The van der Waals surface area contributed by atoms with Crippen LogP contribution in [0.25, 0.3) is 0 Å². The third kappa shape index (κ3) is 2.59. The Morgan fingerprint density at radius 1 is 1.41 bits per heavy atom. The zero-order valence-corrected chi connectivity index (χ0v) is 11.9. The van der Waals surface area contributed by atoms with E-state index in [1.807, 2.05) is 0 Å². The molecule has 1 heteroatoms. The molecule has 0 bridgehead atoms. The zero-order chi connectivity index (χ0) is 12.5. The highest BCUT2D eigenvalue weighted by Gasteiger charge is 2.63. The van der Waals surface area contributed by atoms with Crippen LogP contribution in [0.5, 0.6) is 0 Å². The van der Waals surface area contributed by atoms with E-state index >= 15 is 0 Å². The summed E-state index contributed by atoms with van der Waals surface area (Å²) in [6.45, 7) is 13.9. The molecule has 2 fully saturated rings. The third-order valence-electron chi connectivity index (χ3n) is 5.26. The van der Waals surface area contributed by atoms with Gasteiger partial charge in [-0.25, -0.2) is 0 Å². The molecule has 2 rings (SSSR count). The summed E-state index contributed by atoms with van der Waals surface area (Å²) < 4.78 is 0. The minimum Gasteiger partial charge on any atom is -0.294 e. The molecule has 2 aliphatic rings. The van der Waals surface area contributed by atoms with Gasteiger partial charge >= 0.3 is 0 Å².